The largest absolute Gasteiger partial charge is 0.433 e. The Morgan fingerprint density at radius 2 is 1.88 bits per heavy atom. The number of alkyl halides is 3. The number of rotatable bonds is 2. The number of fused-ring (bicyclic) bond motifs is 2. The minimum absolute atomic E-state index is 0.0892. The first-order valence-corrected chi connectivity index (χ1v) is 11.1. The molecule has 32 heavy (non-hydrogen) atoms. The Morgan fingerprint density at radius 1 is 1.12 bits per heavy atom. The fourth-order valence-corrected chi connectivity index (χ4v) is 4.88. The molecular weight excluding hydrogens is 421 g/mol. The van der Waals surface area contributed by atoms with Gasteiger partial charge in [-0.2, -0.15) is 23.4 Å². The summed E-state index contributed by atoms with van der Waals surface area (Å²) in [6.07, 6.45) is 1.68. The number of amides is 1. The molecule has 1 amide bonds. The standard InChI is InChI=1S/C22H25F3N6O/c1-13-11-19-26-17(12-18(22(23,24)25)31(19)29-13)14-7-9-30(10-8-14)21(32)20-15-5-3-2-4-6-16(15)27-28-20/h11-12,14H,2-10H2,1H3,(H,27,28). The molecule has 0 bridgehead atoms. The SMILES string of the molecule is Cc1cc2nc(C3CCN(C(=O)c4n[nH]c5c4CCCCC5)CC3)cc(C(F)(F)F)n2n1. The number of aromatic amines is 1. The van der Waals surface area contributed by atoms with E-state index >= 15 is 0 Å². The minimum atomic E-state index is -4.52. The molecular formula is C22H25F3N6O. The van der Waals surface area contributed by atoms with Crippen LogP contribution in [0.15, 0.2) is 12.1 Å². The Labute approximate surface area is 183 Å². The molecule has 3 aromatic rings. The smallest absolute Gasteiger partial charge is 0.337 e. The van der Waals surface area contributed by atoms with Gasteiger partial charge in [0.05, 0.1) is 5.69 Å². The second kappa shape index (κ2) is 7.90. The normalized spacial score (nSPS) is 18.1. The van der Waals surface area contributed by atoms with Gasteiger partial charge in [-0.15, -0.1) is 0 Å². The molecule has 1 aliphatic heterocycles. The van der Waals surface area contributed by atoms with E-state index in [1.807, 2.05) is 0 Å². The van der Waals surface area contributed by atoms with Gasteiger partial charge in [-0.1, -0.05) is 6.42 Å². The summed E-state index contributed by atoms with van der Waals surface area (Å²) >= 11 is 0. The molecule has 5 rings (SSSR count). The number of hydrogen-bond acceptors (Lipinski definition) is 4. The Balaban J connectivity index is 1.35. The number of nitrogens with one attached hydrogen (secondary N) is 1. The molecule has 3 aromatic heterocycles. The molecule has 0 atom stereocenters. The summed E-state index contributed by atoms with van der Waals surface area (Å²) in [5.41, 5.74) is 2.88. The number of likely N-dealkylation sites (tertiary alicyclic amines) is 1. The number of hydrogen-bond donors (Lipinski definition) is 1. The van der Waals surface area contributed by atoms with Crippen LogP contribution in [0.3, 0.4) is 0 Å². The monoisotopic (exact) mass is 446 g/mol. The average molecular weight is 446 g/mol. The Kier molecular flexibility index (Phi) is 5.17. The molecule has 1 N–H and O–H groups in total. The topological polar surface area (TPSA) is 79.2 Å². The lowest BCUT2D eigenvalue weighted by atomic mass is 9.92. The zero-order valence-electron chi connectivity index (χ0n) is 17.9. The Bertz CT molecular complexity index is 1160. The van der Waals surface area contributed by atoms with E-state index in [2.05, 4.69) is 20.3 Å². The zero-order chi connectivity index (χ0) is 22.5. The van der Waals surface area contributed by atoms with Gasteiger partial charge in [0.1, 0.15) is 5.69 Å². The van der Waals surface area contributed by atoms with E-state index in [9.17, 15) is 18.0 Å². The number of halogens is 3. The van der Waals surface area contributed by atoms with Crippen LogP contribution in [0.5, 0.6) is 0 Å². The van der Waals surface area contributed by atoms with Crippen LogP contribution in [-0.4, -0.2) is 48.7 Å². The first-order chi connectivity index (χ1) is 15.3. The first kappa shape index (κ1) is 21.0. The number of aryl methyl sites for hydroxylation is 2. The Morgan fingerprint density at radius 3 is 2.62 bits per heavy atom. The molecule has 1 saturated heterocycles. The summed E-state index contributed by atoms with van der Waals surface area (Å²) in [5, 5.41) is 11.3. The van der Waals surface area contributed by atoms with Crippen molar-refractivity contribution in [2.75, 3.05) is 13.1 Å². The fourth-order valence-electron chi connectivity index (χ4n) is 4.88. The van der Waals surface area contributed by atoms with Crippen LogP contribution < -0.4 is 0 Å². The van der Waals surface area contributed by atoms with Gasteiger partial charge < -0.3 is 4.90 Å². The lowest BCUT2D eigenvalue weighted by Crippen LogP contribution is -2.38. The third-order valence-electron chi connectivity index (χ3n) is 6.57. The molecule has 0 aromatic carbocycles. The van der Waals surface area contributed by atoms with Gasteiger partial charge in [-0.05, 0) is 51.5 Å². The fraction of sp³-hybridized carbons (Fsp3) is 0.545. The van der Waals surface area contributed by atoms with Crippen LogP contribution in [0, 0.1) is 6.92 Å². The minimum Gasteiger partial charge on any atom is -0.337 e. The summed E-state index contributed by atoms with van der Waals surface area (Å²) < 4.78 is 41.7. The van der Waals surface area contributed by atoms with Crippen LogP contribution in [0.1, 0.15) is 76.8 Å². The highest BCUT2D eigenvalue weighted by atomic mass is 19.4. The van der Waals surface area contributed by atoms with E-state index in [-0.39, 0.29) is 17.5 Å². The molecule has 0 radical (unpaired) electrons. The van der Waals surface area contributed by atoms with Crippen molar-refractivity contribution >= 4 is 11.6 Å². The van der Waals surface area contributed by atoms with E-state index in [1.54, 1.807) is 17.9 Å². The van der Waals surface area contributed by atoms with Gasteiger partial charge >= 0.3 is 6.18 Å². The van der Waals surface area contributed by atoms with E-state index in [4.69, 9.17) is 0 Å². The van der Waals surface area contributed by atoms with Crippen LogP contribution >= 0.6 is 0 Å². The van der Waals surface area contributed by atoms with Gasteiger partial charge in [0.25, 0.3) is 5.91 Å². The molecule has 4 heterocycles. The lowest BCUT2D eigenvalue weighted by Gasteiger charge is -2.31. The quantitative estimate of drug-likeness (QED) is 0.602. The van der Waals surface area contributed by atoms with Crippen molar-refractivity contribution in [1.82, 2.24) is 29.7 Å². The van der Waals surface area contributed by atoms with Gasteiger partial charge in [0, 0.05) is 42.0 Å². The third kappa shape index (κ3) is 3.75. The molecule has 7 nitrogen and oxygen atoms in total. The van der Waals surface area contributed by atoms with Crippen molar-refractivity contribution in [3.8, 4) is 0 Å². The third-order valence-corrected chi connectivity index (χ3v) is 6.57. The number of piperidine rings is 1. The first-order valence-electron chi connectivity index (χ1n) is 11.1. The molecule has 0 spiro atoms. The summed E-state index contributed by atoms with van der Waals surface area (Å²) in [5.74, 6) is -0.231. The number of H-pyrrole nitrogens is 1. The van der Waals surface area contributed by atoms with Crippen molar-refractivity contribution in [2.24, 2.45) is 0 Å². The van der Waals surface area contributed by atoms with Crippen molar-refractivity contribution in [2.45, 2.75) is 64.0 Å². The predicted molar refractivity (Wildman–Crippen MR) is 110 cm³/mol. The van der Waals surface area contributed by atoms with Crippen molar-refractivity contribution in [1.29, 1.82) is 0 Å². The van der Waals surface area contributed by atoms with Crippen molar-refractivity contribution < 1.29 is 18.0 Å². The molecule has 2 aliphatic rings. The molecule has 0 unspecified atom stereocenters. The number of carbonyl (C=O) groups is 1. The summed E-state index contributed by atoms with van der Waals surface area (Å²) in [6, 6.07) is 2.66. The van der Waals surface area contributed by atoms with E-state index < -0.39 is 11.9 Å². The Hall–Kier alpha value is -2.91. The van der Waals surface area contributed by atoms with Gasteiger partial charge in [0.2, 0.25) is 0 Å². The van der Waals surface area contributed by atoms with Crippen LogP contribution in [-0.2, 0) is 19.0 Å². The molecule has 0 saturated carbocycles. The van der Waals surface area contributed by atoms with Crippen molar-refractivity contribution in [3.05, 3.63) is 46.2 Å². The van der Waals surface area contributed by atoms with Gasteiger partial charge in [-0.25, -0.2) is 9.50 Å². The highest BCUT2D eigenvalue weighted by Crippen LogP contribution is 2.34. The van der Waals surface area contributed by atoms with E-state index in [0.29, 0.717) is 43.0 Å². The summed E-state index contributed by atoms with van der Waals surface area (Å²) in [7, 11) is 0. The second-order valence-electron chi connectivity index (χ2n) is 8.78. The van der Waals surface area contributed by atoms with Crippen molar-refractivity contribution in [3.63, 3.8) is 0 Å². The molecule has 10 heteroatoms. The maximum absolute atomic E-state index is 13.6. The summed E-state index contributed by atoms with van der Waals surface area (Å²) in [6.45, 7) is 2.59. The highest BCUT2D eigenvalue weighted by molar-refractivity contribution is 5.94. The van der Waals surface area contributed by atoms with Gasteiger partial charge in [0.15, 0.2) is 11.3 Å². The number of carbonyl (C=O) groups excluding carboxylic acids is 1. The maximum Gasteiger partial charge on any atom is 0.433 e. The molecule has 1 fully saturated rings. The van der Waals surface area contributed by atoms with Crippen LogP contribution in [0.25, 0.3) is 5.65 Å². The van der Waals surface area contributed by atoms with E-state index in [1.165, 1.54) is 0 Å². The average Bonchev–Trinajstić information content (AvgIpc) is 3.26. The molecule has 170 valence electrons. The number of nitrogens with zero attached hydrogens (tertiary/aromatic N) is 5. The number of aromatic nitrogens is 5. The van der Waals surface area contributed by atoms with Crippen LogP contribution in [0.2, 0.25) is 0 Å². The molecule has 1 aliphatic carbocycles. The second-order valence-corrected chi connectivity index (χ2v) is 8.78. The zero-order valence-corrected chi connectivity index (χ0v) is 17.9. The van der Waals surface area contributed by atoms with E-state index in [0.717, 1.165) is 53.9 Å². The summed E-state index contributed by atoms with van der Waals surface area (Å²) in [4.78, 5) is 19.3. The van der Waals surface area contributed by atoms with Gasteiger partial charge in [-0.3, -0.25) is 9.89 Å². The van der Waals surface area contributed by atoms with Crippen LogP contribution in [0.4, 0.5) is 13.2 Å². The lowest BCUT2D eigenvalue weighted by molar-refractivity contribution is -0.142. The maximum atomic E-state index is 13.6. The predicted octanol–water partition coefficient (Wildman–Crippen LogP) is 4.07. The highest BCUT2D eigenvalue weighted by Gasteiger charge is 2.36.